The van der Waals surface area contributed by atoms with Crippen molar-refractivity contribution in [3.8, 4) is 0 Å². The molecule has 0 aliphatic heterocycles. The van der Waals surface area contributed by atoms with Crippen LogP contribution >= 0.6 is 0 Å². The first kappa shape index (κ1) is 7.95. The van der Waals surface area contributed by atoms with Crippen molar-refractivity contribution in [1.82, 2.24) is 0 Å². The molecular weight excluding hydrogens is 122 g/mol. The van der Waals surface area contributed by atoms with Crippen molar-refractivity contribution in [2.45, 2.75) is 25.5 Å². The molecule has 0 saturated carbocycles. The van der Waals surface area contributed by atoms with Gasteiger partial charge in [0.15, 0.2) is 0 Å². The Hall–Kier alpha value is -0.0500. The van der Waals surface area contributed by atoms with E-state index < -0.39 is 9.73 Å². The van der Waals surface area contributed by atoms with Crippen LogP contribution in [0.5, 0.6) is 0 Å². The second-order valence-corrected chi connectivity index (χ2v) is 4.74. The van der Waals surface area contributed by atoms with Gasteiger partial charge in [-0.1, -0.05) is 6.92 Å². The Kier molecular flexibility index (Phi) is 2.47. The Balaban J connectivity index is 4.04. The van der Waals surface area contributed by atoms with E-state index in [1.165, 1.54) is 6.26 Å². The Morgan fingerprint density at radius 3 is 2.12 bits per heavy atom. The summed E-state index contributed by atoms with van der Waals surface area (Å²) >= 11 is 0. The van der Waals surface area contributed by atoms with Crippen molar-refractivity contribution in [3.05, 3.63) is 0 Å². The third-order valence-electron chi connectivity index (χ3n) is 1.34. The van der Waals surface area contributed by atoms with Gasteiger partial charge in [-0.2, -0.15) is 0 Å². The Labute approximate surface area is 51.3 Å². The minimum Gasteiger partial charge on any atom is -0.253 e. The normalized spacial score (nSPS) is 21.9. The molecule has 2 nitrogen and oxygen atoms in total. The lowest BCUT2D eigenvalue weighted by molar-refractivity contribution is 0.665. The Morgan fingerprint density at radius 2 is 2.12 bits per heavy atom. The standard InChI is InChI=1S/C5H13NOS/c1-4-5(2)8(3,6)7/h5-6H,4H2,1-3H3/t5-,8-/m1/s1. The van der Waals surface area contributed by atoms with E-state index in [0.717, 1.165) is 6.42 Å². The van der Waals surface area contributed by atoms with Gasteiger partial charge < -0.3 is 0 Å². The maximum atomic E-state index is 10.8. The fourth-order valence-corrected chi connectivity index (χ4v) is 0.954. The largest absolute Gasteiger partial charge is 0.253 e. The van der Waals surface area contributed by atoms with E-state index in [4.69, 9.17) is 4.78 Å². The summed E-state index contributed by atoms with van der Waals surface area (Å²) in [6.45, 7) is 3.79. The van der Waals surface area contributed by atoms with E-state index in [2.05, 4.69) is 0 Å². The molecule has 0 unspecified atom stereocenters. The highest BCUT2D eigenvalue weighted by Crippen LogP contribution is 2.01. The molecule has 3 heteroatoms. The van der Waals surface area contributed by atoms with Gasteiger partial charge in [0.05, 0.1) is 0 Å². The first-order valence-electron chi connectivity index (χ1n) is 2.71. The van der Waals surface area contributed by atoms with Gasteiger partial charge in [-0.3, -0.25) is 4.78 Å². The van der Waals surface area contributed by atoms with Gasteiger partial charge in [0, 0.05) is 21.2 Å². The first-order chi connectivity index (χ1) is 3.48. The van der Waals surface area contributed by atoms with Gasteiger partial charge >= 0.3 is 0 Å². The molecule has 0 aromatic heterocycles. The van der Waals surface area contributed by atoms with E-state index in [9.17, 15) is 4.21 Å². The number of hydrogen-bond donors (Lipinski definition) is 1. The molecule has 0 spiro atoms. The number of nitrogens with one attached hydrogen (secondary N) is 1. The second kappa shape index (κ2) is 2.49. The first-order valence-corrected chi connectivity index (χ1v) is 4.74. The van der Waals surface area contributed by atoms with Crippen LogP contribution in [0.4, 0.5) is 0 Å². The Morgan fingerprint density at radius 1 is 1.75 bits per heavy atom. The highest BCUT2D eigenvalue weighted by atomic mass is 32.2. The maximum Gasteiger partial charge on any atom is 0.0438 e. The topological polar surface area (TPSA) is 40.9 Å². The fourth-order valence-electron chi connectivity index (χ4n) is 0.318. The average Bonchev–Trinajstić information content (AvgIpc) is 1.62. The summed E-state index contributed by atoms with van der Waals surface area (Å²) in [7, 11) is -2.25. The molecule has 0 aliphatic rings. The van der Waals surface area contributed by atoms with Crippen molar-refractivity contribution in [1.29, 1.82) is 4.78 Å². The molecule has 8 heavy (non-hydrogen) atoms. The monoisotopic (exact) mass is 135 g/mol. The highest BCUT2D eigenvalue weighted by Gasteiger charge is 2.06. The van der Waals surface area contributed by atoms with E-state index in [-0.39, 0.29) is 5.25 Å². The maximum absolute atomic E-state index is 10.8. The van der Waals surface area contributed by atoms with Crippen LogP contribution in [0, 0.1) is 4.78 Å². The van der Waals surface area contributed by atoms with E-state index in [0.29, 0.717) is 0 Å². The van der Waals surface area contributed by atoms with Gasteiger partial charge in [-0.25, -0.2) is 4.21 Å². The lowest BCUT2D eigenvalue weighted by atomic mass is 10.4. The molecule has 1 N–H and O–H groups in total. The van der Waals surface area contributed by atoms with Gasteiger partial charge in [0.2, 0.25) is 0 Å². The number of hydrogen-bond acceptors (Lipinski definition) is 2. The summed E-state index contributed by atoms with van der Waals surface area (Å²) in [6, 6.07) is 0. The van der Waals surface area contributed by atoms with Crippen LogP contribution in [0.1, 0.15) is 20.3 Å². The fraction of sp³-hybridized carbons (Fsp3) is 1.00. The van der Waals surface area contributed by atoms with Crippen molar-refractivity contribution >= 4 is 9.73 Å². The molecule has 0 aromatic carbocycles. The average molecular weight is 135 g/mol. The van der Waals surface area contributed by atoms with Crippen molar-refractivity contribution in [2.24, 2.45) is 0 Å². The van der Waals surface area contributed by atoms with Gasteiger partial charge in [-0.15, -0.1) is 0 Å². The molecule has 0 aromatic rings. The molecule has 2 atom stereocenters. The van der Waals surface area contributed by atoms with Gasteiger partial charge in [-0.05, 0) is 13.3 Å². The van der Waals surface area contributed by atoms with E-state index in [1.54, 1.807) is 0 Å². The molecule has 0 radical (unpaired) electrons. The van der Waals surface area contributed by atoms with E-state index >= 15 is 0 Å². The summed E-state index contributed by atoms with van der Waals surface area (Å²) in [5.41, 5.74) is 0. The molecular formula is C5H13NOS. The zero-order valence-electron chi connectivity index (χ0n) is 5.60. The molecule has 50 valence electrons. The van der Waals surface area contributed by atoms with Crippen LogP contribution in [0.3, 0.4) is 0 Å². The quantitative estimate of drug-likeness (QED) is 0.612. The van der Waals surface area contributed by atoms with Crippen molar-refractivity contribution in [2.75, 3.05) is 6.26 Å². The Bertz CT molecular complexity index is 148. The minimum atomic E-state index is -2.25. The summed E-state index contributed by atoms with van der Waals surface area (Å²) in [5.74, 6) is 0. The van der Waals surface area contributed by atoms with Crippen LogP contribution in [0.15, 0.2) is 0 Å². The molecule has 0 amide bonds. The van der Waals surface area contributed by atoms with Crippen molar-refractivity contribution in [3.63, 3.8) is 0 Å². The van der Waals surface area contributed by atoms with Crippen LogP contribution in [0.2, 0.25) is 0 Å². The molecule has 0 heterocycles. The smallest absolute Gasteiger partial charge is 0.0438 e. The summed E-state index contributed by atoms with van der Waals surface area (Å²) in [6.07, 6.45) is 2.32. The predicted molar refractivity (Wildman–Crippen MR) is 36.5 cm³/mol. The van der Waals surface area contributed by atoms with Gasteiger partial charge in [0.25, 0.3) is 0 Å². The zero-order chi connectivity index (χ0) is 6.78. The summed E-state index contributed by atoms with van der Waals surface area (Å²) in [4.78, 5) is 0. The van der Waals surface area contributed by atoms with E-state index in [1.807, 2.05) is 13.8 Å². The molecule has 0 rings (SSSR count). The van der Waals surface area contributed by atoms with Crippen LogP contribution in [-0.2, 0) is 9.73 Å². The zero-order valence-corrected chi connectivity index (χ0v) is 6.42. The SMILES string of the molecule is CC[C@@H](C)[S@](C)(=N)=O. The van der Waals surface area contributed by atoms with Crippen LogP contribution in [0.25, 0.3) is 0 Å². The molecule has 0 saturated heterocycles. The summed E-state index contributed by atoms with van der Waals surface area (Å²) in [5, 5.41) is 0.0440. The highest BCUT2D eigenvalue weighted by molar-refractivity contribution is 7.92. The lowest BCUT2D eigenvalue weighted by Crippen LogP contribution is -2.12. The van der Waals surface area contributed by atoms with Crippen LogP contribution in [-0.4, -0.2) is 15.7 Å². The lowest BCUT2D eigenvalue weighted by Gasteiger charge is -2.06. The predicted octanol–water partition coefficient (Wildman–Crippen LogP) is 1.46. The number of rotatable bonds is 2. The second-order valence-electron chi connectivity index (χ2n) is 2.12. The van der Waals surface area contributed by atoms with Gasteiger partial charge in [0.1, 0.15) is 0 Å². The minimum absolute atomic E-state index is 0.0440. The molecule has 0 aliphatic carbocycles. The molecule has 0 bridgehead atoms. The third kappa shape index (κ3) is 2.31. The van der Waals surface area contributed by atoms with Crippen LogP contribution < -0.4 is 0 Å². The van der Waals surface area contributed by atoms with Crippen molar-refractivity contribution < 1.29 is 4.21 Å². The third-order valence-corrected chi connectivity index (χ3v) is 3.21. The molecule has 0 fully saturated rings. The summed E-state index contributed by atoms with van der Waals surface area (Å²) < 4.78 is 17.9.